The second-order valence-electron chi connectivity index (χ2n) is 5.36. The number of benzene rings is 2. The van der Waals surface area contributed by atoms with Gasteiger partial charge in [0.2, 0.25) is 0 Å². The largest absolute Gasteiger partial charge is 0.354 e. The number of pyridine rings is 1. The lowest BCUT2D eigenvalue weighted by Crippen LogP contribution is -2.13. The smallest absolute Gasteiger partial charge is 0.258 e. The molecule has 0 atom stereocenters. The first-order valence-electron chi connectivity index (χ1n) is 7.47. The van der Waals surface area contributed by atoms with E-state index < -0.39 is 0 Å². The van der Waals surface area contributed by atoms with E-state index in [0.717, 1.165) is 11.4 Å². The highest BCUT2D eigenvalue weighted by atomic mass is 35.5. The number of nitrogens with zero attached hydrogens (tertiary/aromatic N) is 1. The summed E-state index contributed by atoms with van der Waals surface area (Å²) in [5.74, 6) is 0.182. The molecule has 0 spiro atoms. The first-order valence-corrected chi connectivity index (χ1v) is 7.85. The van der Waals surface area contributed by atoms with Crippen molar-refractivity contribution in [1.82, 2.24) is 4.98 Å². The highest BCUT2D eigenvalue weighted by Gasteiger charge is 2.10. The van der Waals surface area contributed by atoms with E-state index in [0.29, 0.717) is 16.4 Å². The molecule has 0 unspecified atom stereocenters. The highest BCUT2D eigenvalue weighted by Crippen LogP contribution is 2.19. The lowest BCUT2D eigenvalue weighted by Gasteiger charge is -2.09. The number of rotatable bonds is 4. The number of amides is 1. The molecule has 24 heavy (non-hydrogen) atoms. The van der Waals surface area contributed by atoms with Gasteiger partial charge in [-0.3, -0.25) is 4.79 Å². The predicted octanol–water partition coefficient (Wildman–Crippen LogP) is 5.04. The van der Waals surface area contributed by atoms with Crippen LogP contribution in [-0.2, 0) is 0 Å². The quantitative estimate of drug-likeness (QED) is 0.701. The van der Waals surface area contributed by atoms with Crippen LogP contribution in [0.1, 0.15) is 15.9 Å². The molecule has 0 aliphatic rings. The van der Waals surface area contributed by atoms with Gasteiger partial charge in [0.05, 0.1) is 22.5 Å². The van der Waals surface area contributed by atoms with E-state index in [-0.39, 0.29) is 5.91 Å². The van der Waals surface area contributed by atoms with Crippen molar-refractivity contribution in [2.75, 3.05) is 10.6 Å². The summed E-state index contributed by atoms with van der Waals surface area (Å²) in [4.78, 5) is 16.4. The third-order valence-corrected chi connectivity index (χ3v) is 3.79. The Bertz CT molecular complexity index is 845. The molecule has 0 saturated carbocycles. The number of aryl methyl sites for hydroxylation is 1. The molecule has 3 aromatic rings. The van der Waals surface area contributed by atoms with Gasteiger partial charge in [-0.1, -0.05) is 41.4 Å². The fourth-order valence-electron chi connectivity index (χ4n) is 2.17. The number of hydrogen-bond donors (Lipinski definition) is 2. The average Bonchev–Trinajstić information content (AvgIpc) is 2.59. The summed E-state index contributed by atoms with van der Waals surface area (Å²) < 4.78 is 0. The number of halogens is 1. The second-order valence-corrected chi connectivity index (χ2v) is 5.76. The van der Waals surface area contributed by atoms with Crippen LogP contribution in [0.3, 0.4) is 0 Å². The molecule has 0 bridgehead atoms. The van der Waals surface area contributed by atoms with E-state index in [1.54, 1.807) is 36.5 Å². The van der Waals surface area contributed by atoms with E-state index in [1.807, 2.05) is 37.3 Å². The standard InChI is InChI=1S/C19H16ClN3O/c1-13-6-8-14(9-7-13)22-15-10-11-18(21-12-15)23-19(24)16-4-2-3-5-17(16)20/h2-12,22H,1H3,(H,21,23,24). The van der Waals surface area contributed by atoms with Gasteiger partial charge in [0.1, 0.15) is 5.82 Å². The maximum Gasteiger partial charge on any atom is 0.258 e. The summed E-state index contributed by atoms with van der Waals surface area (Å²) in [6.07, 6.45) is 1.67. The monoisotopic (exact) mass is 337 g/mol. The maximum atomic E-state index is 12.2. The van der Waals surface area contributed by atoms with Gasteiger partial charge in [-0.2, -0.15) is 0 Å². The van der Waals surface area contributed by atoms with Gasteiger partial charge in [0.15, 0.2) is 0 Å². The molecule has 1 heterocycles. The van der Waals surface area contributed by atoms with Crippen molar-refractivity contribution in [1.29, 1.82) is 0 Å². The normalized spacial score (nSPS) is 10.2. The van der Waals surface area contributed by atoms with Crippen molar-refractivity contribution < 1.29 is 4.79 Å². The van der Waals surface area contributed by atoms with Crippen molar-refractivity contribution in [3.63, 3.8) is 0 Å². The van der Waals surface area contributed by atoms with Gasteiger partial charge in [0, 0.05) is 5.69 Å². The molecular formula is C19H16ClN3O. The summed E-state index contributed by atoms with van der Waals surface area (Å²) in [7, 11) is 0. The third-order valence-electron chi connectivity index (χ3n) is 3.46. The molecule has 2 N–H and O–H groups in total. The lowest BCUT2D eigenvalue weighted by molar-refractivity contribution is 0.102. The second kappa shape index (κ2) is 7.15. The summed E-state index contributed by atoms with van der Waals surface area (Å²) in [5.41, 5.74) is 3.45. The minimum atomic E-state index is -0.285. The van der Waals surface area contributed by atoms with Gasteiger partial charge in [-0.25, -0.2) is 4.98 Å². The van der Waals surface area contributed by atoms with Gasteiger partial charge < -0.3 is 10.6 Å². The predicted molar refractivity (Wildman–Crippen MR) is 98.1 cm³/mol. The van der Waals surface area contributed by atoms with Crippen molar-refractivity contribution in [3.8, 4) is 0 Å². The highest BCUT2D eigenvalue weighted by molar-refractivity contribution is 6.34. The van der Waals surface area contributed by atoms with Crippen LogP contribution in [0.25, 0.3) is 0 Å². The van der Waals surface area contributed by atoms with Crippen LogP contribution in [0.15, 0.2) is 66.9 Å². The summed E-state index contributed by atoms with van der Waals surface area (Å²) in [5, 5.41) is 6.40. The zero-order chi connectivity index (χ0) is 16.9. The number of hydrogen-bond acceptors (Lipinski definition) is 3. The Balaban J connectivity index is 1.67. The third kappa shape index (κ3) is 3.91. The van der Waals surface area contributed by atoms with Crippen LogP contribution in [0.4, 0.5) is 17.2 Å². The summed E-state index contributed by atoms with van der Waals surface area (Å²) in [6.45, 7) is 2.04. The Morgan fingerprint density at radius 1 is 0.958 bits per heavy atom. The molecule has 1 amide bonds. The molecule has 120 valence electrons. The number of carbonyl (C=O) groups is 1. The summed E-state index contributed by atoms with van der Waals surface area (Å²) >= 11 is 6.02. The molecule has 0 aliphatic heterocycles. The molecule has 1 aromatic heterocycles. The molecule has 4 nitrogen and oxygen atoms in total. The molecular weight excluding hydrogens is 322 g/mol. The Morgan fingerprint density at radius 2 is 1.67 bits per heavy atom. The lowest BCUT2D eigenvalue weighted by atomic mass is 10.2. The number of aromatic nitrogens is 1. The molecule has 0 saturated heterocycles. The molecule has 3 rings (SSSR count). The van der Waals surface area contributed by atoms with E-state index in [2.05, 4.69) is 15.6 Å². The first-order chi connectivity index (χ1) is 11.6. The fourth-order valence-corrected chi connectivity index (χ4v) is 2.40. The van der Waals surface area contributed by atoms with Gasteiger partial charge in [-0.15, -0.1) is 0 Å². The Hall–Kier alpha value is -2.85. The fraction of sp³-hybridized carbons (Fsp3) is 0.0526. The van der Waals surface area contributed by atoms with E-state index in [9.17, 15) is 4.79 Å². The minimum Gasteiger partial charge on any atom is -0.354 e. The molecule has 5 heteroatoms. The summed E-state index contributed by atoms with van der Waals surface area (Å²) in [6, 6.07) is 18.6. The molecule has 0 fully saturated rings. The Kier molecular flexibility index (Phi) is 4.77. The van der Waals surface area contributed by atoms with E-state index in [4.69, 9.17) is 11.6 Å². The van der Waals surface area contributed by atoms with Crippen LogP contribution < -0.4 is 10.6 Å². The molecule has 2 aromatic carbocycles. The van der Waals surface area contributed by atoms with Crippen molar-refractivity contribution in [2.45, 2.75) is 6.92 Å². The maximum absolute atomic E-state index is 12.2. The number of carbonyl (C=O) groups excluding carboxylic acids is 1. The van der Waals surface area contributed by atoms with Crippen molar-refractivity contribution >= 4 is 34.7 Å². The van der Waals surface area contributed by atoms with Gasteiger partial charge >= 0.3 is 0 Å². The van der Waals surface area contributed by atoms with Crippen LogP contribution in [0.2, 0.25) is 5.02 Å². The van der Waals surface area contributed by atoms with E-state index in [1.165, 1.54) is 5.56 Å². The van der Waals surface area contributed by atoms with Crippen molar-refractivity contribution in [3.05, 3.63) is 83.0 Å². The molecule has 0 aliphatic carbocycles. The number of nitrogens with one attached hydrogen (secondary N) is 2. The SMILES string of the molecule is Cc1ccc(Nc2ccc(NC(=O)c3ccccc3Cl)nc2)cc1. The zero-order valence-corrected chi connectivity index (χ0v) is 13.8. The van der Waals surface area contributed by atoms with Crippen LogP contribution in [-0.4, -0.2) is 10.9 Å². The van der Waals surface area contributed by atoms with Crippen molar-refractivity contribution in [2.24, 2.45) is 0 Å². The van der Waals surface area contributed by atoms with Crippen LogP contribution >= 0.6 is 11.6 Å². The zero-order valence-electron chi connectivity index (χ0n) is 13.1. The average molecular weight is 338 g/mol. The first kappa shape index (κ1) is 16.0. The molecule has 0 radical (unpaired) electrons. The topological polar surface area (TPSA) is 54.0 Å². The Labute approximate surface area is 145 Å². The van der Waals surface area contributed by atoms with Crippen LogP contribution in [0, 0.1) is 6.92 Å². The van der Waals surface area contributed by atoms with Crippen LogP contribution in [0.5, 0.6) is 0 Å². The van der Waals surface area contributed by atoms with Gasteiger partial charge in [0.25, 0.3) is 5.91 Å². The van der Waals surface area contributed by atoms with Gasteiger partial charge in [-0.05, 0) is 43.3 Å². The van der Waals surface area contributed by atoms with E-state index >= 15 is 0 Å². The minimum absolute atomic E-state index is 0.285. The number of anilines is 3. The Morgan fingerprint density at radius 3 is 2.33 bits per heavy atom.